The minimum atomic E-state index is -0.402. The second-order valence-corrected chi connectivity index (χ2v) is 5.32. The van der Waals surface area contributed by atoms with Crippen molar-refractivity contribution >= 4 is 0 Å². The van der Waals surface area contributed by atoms with Crippen molar-refractivity contribution < 1.29 is 9.13 Å². The van der Waals surface area contributed by atoms with Crippen LogP contribution in [0.4, 0.5) is 4.39 Å². The molecule has 0 aliphatic carbocycles. The molecule has 3 aromatic rings. The topological polar surface area (TPSA) is 58.0 Å². The molecular weight excluding hydrogens is 295 g/mol. The summed E-state index contributed by atoms with van der Waals surface area (Å²) >= 11 is 0. The van der Waals surface area contributed by atoms with Gasteiger partial charge in [0.05, 0.1) is 12.8 Å². The van der Waals surface area contributed by atoms with Gasteiger partial charge in [-0.05, 0) is 18.6 Å². The number of methoxy groups -OCH3 is 1. The lowest BCUT2D eigenvalue weighted by Crippen LogP contribution is -2.10. The zero-order valence-corrected chi connectivity index (χ0v) is 13.4. The van der Waals surface area contributed by atoms with Gasteiger partial charge in [0, 0.05) is 41.8 Å². The first-order valence-electron chi connectivity index (χ1n) is 7.39. The molecule has 0 aliphatic rings. The van der Waals surface area contributed by atoms with E-state index in [0.29, 0.717) is 17.5 Å². The maximum atomic E-state index is 14.7. The third-order valence-corrected chi connectivity index (χ3v) is 3.92. The second kappa shape index (κ2) is 5.79. The third kappa shape index (κ3) is 2.46. The first-order valence-corrected chi connectivity index (χ1v) is 7.39. The van der Waals surface area contributed by atoms with Crippen molar-refractivity contribution in [1.82, 2.24) is 14.5 Å². The number of halogens is 1. The Kier molecular flexibility index (Phi) is 3.82. The standard InChI is InChI=1S/C17H19FN4O/c1-4-14-16(13-8-9-21(2)20-13)12(10-22(14)19)11-6-5-7-15(23-3)17(11)18/h5-10H,4,19H2,1-3H3. The number of ether oxygens (including phenoxy) is 1. The third-order valence-electron chi connectivity index (χ3n) is 3.92. The molecular formula is C17H19FN4O. The predicted octanol–water partition coefficient (Wildman–Crippen LogP) is 2.98. The summed E-state index contributed by atoms with van der Waals surface area (Å²) in [4.78, 5) is 0. The van der Waals surface area contributed by atoms with Crippen molar-refractivity contribution in [3.05, 3.63) is 48.2 Å². The highest BCUT2D eigenvalue weighted by atomic mass is 19.1. The average molecular weight is 314 g/mol. The SMILES string of the molecule is CCc1c(-c2ccn(C)n2)c(-c2cccc(OC)c2F)cn1N. The van der Waals surface area contributed by atoms with Gasteiger partial charge in [-0.2, -0.15) is 5.10 Å². The minimum Gasteiger partial charge on any atom is -0.494 e. The molecule has 2 aromatic heterocycles. The highest BCUT2D eigenvalue weighted by molar-refractivity contribution is 5.85. The number of nitrogen functional groups attached to an aromatic ring is 1. The van der Waals surface area contributed by atoms with E-state index in [9.17, 15) is 4.39 Å². The summed E-state index contributed by atoms with van der Waals surface area (Å²) in [5.41, 5.74) is 3.68. The molecule has 0 bridgehead atoms. The normalized spacial score (nSPS) is 11.0. The van der Waals surface area contributed by atoms with Crippen LogP contribution in [0.25, 0.3) is 22.4 Å². The Balaban J connectivity index is 2.29. The van der Waals surface area contributed by atoms with Crippen LogP contribution < -0.4 is 10.6 Å². The lowest BCUT2D eigenvalue weighted by atomic mass is 9.99. The van der Waals surface area contributed by atoms with Crippen LogP contribution in [0.15, 0.2) is 36.7 Å². The van der Waals surface area contributed by atoms with Crippen LogP contribution in [-0.2, 0) is 13.5 Å². The Labute approximate surface area is 134 Å². The van der Waals surface area contributed by atoms with Crippen LogP contribution in [0.2, 0.25) is 0 Å². The highest BCUT2D eigenvalue weighted by Gasteiger charge is 2.22. The van der Waals surface area contributed by atoms with Crippen molar-refractivity contribution in [1.29, 1.82) is 0 Å². The highest BCUT2D eigenvalue weighted by Crippen LogP contribution is 2.38. The smallest absolute Gasteiger partial charge is 0.172 e. The van der Waals surface area contributed by atoms with Gasteiger partial charge in [-0.15, -0.1) is 0 Å². The average Bonchev–Trinajstić information content (AvgIpc) is 3.10. The molecule has 2 heterocycles. The van der Waals surface area contributed by atoms with E-state index in [-0.39, 0.29) is 5.75 Å². The van der Waals surface area contributed by atoms with Crippen LogP contribution >= 0.6 is 0 Å². The molecule has 0 saturated heterocycles. The van der Waals surface area contributed by atoms with E-state index < -0.39 is 5.82 Å². The number of hydrogen-bond donors (Lipinski definition) is 1. The number of aromatic nitrogens is 3. The largest absolute Gasteiger partial charge is 0.494 e. The number of hydrogen-bond acceptors (Lipinski definition) is 3. The molecule has 6 heteroatoms. The van der Waals surface area contributed by atoms with Gasteiger partial charge >= 0.3 is 0 Å². The van der Waals surface area contributed by atoms with E-state index in [1.807, 2.05) is 26.2 Å². The molecule has 0 fully saturated rings. The molecule has 0 aliphatic heterocycles. The Morgan fingerprint density at radius 1 is 1.26 bits per heavy atom. The molecule has 23 heavy (non-hydrogen) atoms. The van der Waals surface area contributed by atoms with Crippen molar-refractivity contribution in [2.45, 2.75) is 13.3 Å². The molecule has 1 aromatic carbocycles. The van der Waals surface area contributed by atoms with Crippen LogP contribution in [0.1, 0.15) is 12.6 Å². The monoisotopic (exact) mass is 314 g/mol. The molecule has 0 radical (unpaired) electrons. The van der Waals surface area contributed by atoms with E-state index in [2.05, 4.69) is 5.10 Å². The maximum Gasteiger partial charge on any atom is 0.172 e. The fourth-order valence-electron chi connectivity index (χ4n) is 2.84. The van der Waals surface area contributed by atoms with E-state index >= 15 is 0 Å². The van der Waals surface area contributed by atoms with Crippen LogP contribution in [-0.4, -0.2) is 21.6 Å². The summed E-state index contributed by atoms with van der Waals surface area (Å²) in [5, 5.41) is 4.46. The summed E-state index contributed by atoms with van der Waals surface area (Å²) in [6.45, 7) is 2.01. The summed E-state index contributed by atoms with van der Waals surface area (Å²) in [5.74, 6) is 5.89. The maximum absolute atomic E-state index is 14.7. The van der Waals surface area contributed by atoms with Gasteiger partial charge < -0.3 is 10.6 Å². The Hall–Kier alpha value is -2.76. The van der Waals surface area contributed by atoms with Crippen LogP contribution in [0.3, 0.4) is 0 Å². The van der Waals surface area contributed by atoms with Gasteiger partial charge in [0.1, 0.15) is 0 Å². The first kappa shape index (κ1) is 15.1. The molecule has 0 saturated carbocycles. The van der Waals surface area contributed by atoms with Gasteiger partial charge in [0.2, 0.25) is 0 Å². The van der Waals surface area contributed by atoms with E-state index in [4.69, 9.17) is 10.6 Å². The Morgan fingerprint density at radius 3 is 2.65 bits per heavy atom. The van der Waals surface area contributed by atoms with Gasteiger partial charge in [0.15, 0.2) is 11.6 Å². The molecule has 3 rings (SSSR count). The summed E-state index contributed by atoms with van der Waals surface area (Å²) in [6, 6.07) is 6.98. The Morgan fingerprint density at radius 2 is 2.04 bits per heavy atom. The number of benzene rings is 1. The molecule has 0 atom stereocenters. The zero-order chi connectivity index (χ0) is 16.6. The van der Waals surface area contributed by atoms with Gasteiger partial charge in [-0.1, -0.05) is 19.1 Å². The first-order chi connectivity index (χ1) is 11.1. The van der Waals surface area contributed by atoms with E-state index in [1.165, 1.54) is 11.8 Å². The summed E-state index contributed by atoms with van der Waals surface area (Å²) in [6.07, 6.45) is 4.31. The van der Waals surface area contributed by atoms with Crippen LogP contribution in [0, 0.1) is 5.82 Å². The van der Waals surface area contributed by atoms with Crippen molar-refractivity contribution in [3.63, 3.8) is 0 Å². The molecule has 120 valence electrons. The number of rotatable bonds is 4. The lowest BCUT2D eigenvalue weighted by molar-refractivity contribution is 0.387. The quantitative estimate of drug-likeness (QED) is 0.753. The van der Waals surface area contributed by atoms with E-state index in [1.54, 1.807) is 29.1 Å². The number of nitrogens with two attached hydrogens (primary N) is 1. The fourth-order valence-corrected chi connectivity index (χ4v) is 2.84. The summed E-state index contributed by atoms with van der Waals surface area (Å²) < 4.78 is 23.0. The molecule has 0 unspecified atom stereocenters. The van der Waals surface area contributed by atoms with Gasteiger partial charge in [0.25, 0.3) is 0 Å². The molecule has 0 spiro atoms. The fraction of sp³-hybridized carbons (Fsp3) is 0.235. The van der Waals surface area contributed by atoms with Gasteiger partial charge in [-0.25, -0.2) is 4.39 Å². The predicted molar refractivity (Wildman–Crippen MR) is 88.1 cm³/mol. The molecule has 2 N–H and O–H groups in total. The van der Waals surface area contributed by atoms with Gasteiger partial charge in [-0.3, -0.25) is 9.36 Å². The van der Waals surface area contributed by atoms with Crippen LogP contribution in [0.5, 0.6) is 5.75 Å². The van der Waals surface area contributed by atoms with Crippen molar-refractivity contribution in [2.24, 2.45) is 7.05 Å². The Bertz CT molecular complexity index is 850. The number of aryl methyl sites for hydroxylation is 1. The second-order valence-electron chi connectivity index (χ2n) is 5.32. The lowest BCUT2D eigenvalue weighted by Gasteiger charge is -2.08. The molecule has 5 nitrogen and oxygen atoms in total. The van der Waals surface area contributed by atoms with E-state index in [0.717, 1.165) is 17.0 Å². The minimum absolute atomic E-state index is 0.206. The summed E-state index contributed by atoms with van der Waals surface area (Å²) in [7, 11) is 3.30. The van der Waals surface area contributed by atoms with Crippen molar-refractivity contribution in [2.75, 3.05) is 13.0 Å². The zero-order valence-electron chi connectivity index (χ0n) is 13.4. The van der Waals surface area contributed by atoms with Crippen molar-refractivity contribution in [3.8, 4) is 28.1 Å². The molecule has 0 amide bonds. The number of nitrogens with zero attached hydrogens (tertiary/aromatic N) is 3.